The highest BCUT2D eigenvalue weighted by atomic mass is 32.1. The van der Waals surface area contributed by atoms with Crippen LogP contribution >= 0.6 is 11.3 Å². The van der Waals surface area contributed by atoms with Crippen LogP contribution in [0.3, 0.4) is 0 Å². The highest BCUT2D eigenvalue weighted by Gasteiger charge is 2.39. The first-order chi connectivity index (χ1) is 8.00. The van der Waals surface area contributed by atoms with Crippen molar-refractivity contribution in [1.82, 2.24) is 10.2 Å². The summed E-state index contributed by atoms with van der Waals surface area (Å²) in [6.45, 7) is 4.33. The van der Waals surface area contributed by atoms with E-state index in [2.05, 4.69) is 5.32 Å². The predicted molar refractivity (Wildman–Crippen MR) is 66.8 cm³/mol. The molecular formula is C12H16N2O2S. The maximum Gasteiger partial charge on any atom is 0.248 e. The molecule has 0 unspecified atom stereocenters. The topological polar surface area (TPSA) is 49.4 Å². The molecule has 1 aliphatic rings. The molecule has 1 fully saturated rings. The number of carbonyl (C=O) groups excluding carboxylic acids is 2. The van der Waals surface area contributed by atoms with Crippen LogP contribution in [-0.4, -0.2) is 35.3 Å². The fourth-order valence-corrected chi connectivity index (χ4v) is 2.52. The number of amides is 2. The van der Waals surface area contributed by atoms with Gasteiger partial charge in [-0.1, -0.05) is 6.07 Å². The molecule has 0 aliphatic carbocycles. The van der Waals surface area contributed by atoms with Crippen molar-refractivity contribution in [2.75, 3.05) is 13.1 Å². The van der Waals surface area contributed by atoms with E-state index in [9.17, 15) is 9.59 Å². The van der Waals surface area contributed by atoms with Crippen LogP contribution in [0.4, 0.5) is 0 Å². The van der Waals surface area contributed by atoms with E-state index in [1.54, 1.807) is 25.2 Å². The van der Waals surface area contributed by atoms with Gasteiger partial charge in [0.2, 0.25) is 11.8 Å². The molecule has 1 aromatic rings. The Balaban J connectivity index is 2.03. The van der Waals surface area contributed by atoms with Gasteiger partial charge < -0.3 is 0 Å². The molecule has 2 rings (SSSR count). The van der Waals surface area contributed by atoms with Crippen LogP contribution in [0.5, 0.6) is 0 Å². The van der Waals surface area contributed by atoms with Gasteiger partial charge in [-0.25, -0.2) is 0 Å². The molecular weight excluding hydrogens is 236 g/mol. The molecule has 1 N–H and O–H groups in total. The Bertz CT molecular complexity index is 426. The van der Waals surface area contributed by atoms with Gasteiger partial charge in [0.1, 0.15) is 0 Å². The van der Waals surface area contributed by atoms with E-state index in [-0.39, 0.29) is 18.4 Å². The monoisotopic (exact) mass is 252 g/mol. The number of carbonyl (C=O) groups is 2. The Morgan fingerprint density at radius 2 is 2.24 bits per heavy atom. The zero-order chi connectivity index (χ0) is 12.5. The second-order valence-corrected chi connectivity index (χ2v) is 5.69. The average molecular weight is 252 g/mol. The number of nitrogens with one attached hydrogen (secondary N) is 1. The highest BCUT2D eigenvalue weighted by Crippen LogP contribution is 2.15. The summed E-state index contributed by atoms with van der Waals surface area (Å²) in [7, 11) is 0. The number of nitrogens with zero attached hydrogens (tertiary/aromatic N) is 1. The van der Waals surface area contributed by atoms with E-state index in [0.717, 1.165) is 6.42 Å². The van der Waals surface area contributed by atoms with Crippen molar-refractivity contribution in [2.45, 2.75) is 25.8 Å². The molecule has 0 saturated carbocycles. The van der Waals surface area contributed by atoms with Crippen LogP contribution in [0.2, 0.25) is 0 Å². The smallest absolute Gasteiger partial charge is 0.248 e. The van der Waals surface area contributed by atoms with E-state index < -0.39 is 5.54 Å². The SMILES string of the molecule is CC1(C)NCC(=O)N(CCc2cccs2)C1=O. The van der Waals surface area contributed by atoms with Crippen molar-refractivity contribution in [3.63, 3.8) is 0 Å². The number of imide groups is 1. The molecule has 0 aromatic carbocycles. The quantitative estimate of drug-likeness (QED) is 0.817. The van der Waals surface area contributed by atoms with Gasteiger partial charge in [0.15, 0.2) is 0 Å². The Hall–Kier alpha value is -1.20. The van der Waals surface area contributed by atoms with E-state index >= 15 is 0 Å². The number of thiophene rings is 1. The molecule has 0 atom stereocenters. The molecule has 4 nitrogen and oxygen atoms in total. The average Bonchev–Trinajstić information content (AvgIpc) is 2.77. The van der Waals surface area contributed by atoms with E-state index in [1.165, 1.54) is 9.78 Å². The molecule has 1 saturated heterocycles. The third-order valence-corrected chi connectivity index (χ3v) is 3.86. The van der Waals surface area contributed by atoms with Crippen molar-refractivity contribution < 1.29 is 9.59 Å². The number of hydrogen-bond acceptors (Lipinski definition) is 4. The van der Waals surface area contributed by atoms with E-state index in [4.69, 9.17) is 0 Å². The minimum Gasteiger partial charge on any atom is -0.295 e. The minimum absolute atomic E-state index is 0.133. The van der Waals surface area contributed by atoms with Crippen LogP contribution in [0, 0.1) is 0 Å². The van der Waals surface area contributed by atoms with Gasteiger partial charge in [-0.15, -0.1) is 11.3 Å². The number of piperazine rings is 1. The van der Waals surface area contributed by atoms with Crippen molar-refractivity contribution in [2.24, 2.45) is 0 Å². The summed E-state index contributed by atoms with van der Waals surface area (Å²) < 4.78 is 0. The van der Waals surface area contributed by atoms with Gasteiger partial charge in [0.25, 0.3) is 0 Å². The molecule has 5 heteroatoms. The number of hydrogen-bond donors (Lipinski definition) is 1. The Labute approximate surface area is 105 Å². The fourth-order valence-electron chi connectivity index (χ4n) is 1.82. The largest absolute Gasteiger partial charge is 0.295 e. The van der Waals surface area contributed by atoms with Crippen LogP contribution in [0.25, 0.3) is 0 Å². The van der Waals surface area contributed by atoms with Gasteiger partial charge in [-0.3, -0.25) is 19.8 Å². The highest BCUT2D eigenvalue weighted by molar-refractivity contribution is 7.09. The molecule has 0 bridgehead atoms. The van der Waals surface area contributed by atoms with Gasteiger partial charge in [-0.2, -0.15) is 0 Å². The summed E-state index contributed by atoms with van der Waals surface area (Å²) in [5.74, 6) is -0.267. The lowest BCUT2D eigenvalue weighted by molar-refractivity contribution is -0.152. The van der Waals surface area contributed by atoms with Crippen LogP contribution in [-0.2, 0) is 16.0 Å². The van der Waals surface area contributed by atoms with Gasteiger partial charge >= 0.3 is 0 Å². The van der Waals surface area contributed by atoms with Crippen molar-refractivity contribution in [3.8, 4) is 0 Å². The fraction of sp³-hybridized carbons (Fsp3) is 0.500. The third kappa shape index (κ3) is 2.56. The summed E-state index contributed by atoms with van der Waals surface area (Å²) in [5.41, 5.74) is -0.636. The molecule has 2 heterocycles. The zero-order valence-corrected chi connectivity index (χ0v) is 10.8. The summed E-state index contributed by atoms with van der Waals surface area (Å²) in [6, 6.07) is 4.00. The standard InChI is InChI=1S/C12H16N2O2S/c1-12(2)11(16)14(10(15)8-13-12)6-5-9-4-3-7-17-9/h3-4,7,13H,5-6,8H2,1-2H3. The van der Waals surface area contributed by atoms with E-state index in [1.807, 2.05) is 17.5 Å². The lowest BCUT2D eigenvalue weighted by Crippen LogP contribution is -2.63. The molecule has 0 spiro atoms. The van der Waals surface area contributed by atoms with Crippen LogP contribution < -0.4 is 5.32 Å². The van der Waals surface area contributed by atoms with Crippen molar-refractivity contribution in [1.29, 1.82) is 0 Å². The van der Waals surface area contributed by atoms with Gasteiger partial charge in [0, 0.05) is 11.4 Å². The number of rotatable bonds is 3. The molecule has 17 heavy (non-hydrogen) atoms. The zero-order valence-electron chi connectivity index (χ0n) is 10.0. The molecule has 92 valence electrons. The first kappa shape index (κ1) is 12.3. The summed E-state index contributed by atoms with van der Waals surface area (Å²) in [6.07, 6.45) is 0.741. The minimum atomic E-state index is -0.636. The molecule has 0 radical (unpaired) electrons. The maximum absolute atomic E-state index is 12.1. The second kappa shape index (κ2) is 4.58. The Morgan fingerprint density at radius 1 is 1.47 bits per heavy atom. The second-order valence-electron chi connectivity index (χ2n) is 4.66. The molecule has 1 aliphatic heterocycles. The molecule has 2 amide bonds. The van der Waals surface area contributed by atoms with Crippen LogP contribution in [0.1, 0.15) is 18.7 Å². The van der Waals surface area contributed by atoms with E-state index in [0.29, 0.717) is 6.54 Å². The van der Waals surface area contributed by atoms with Crippen molar-refractivity contribution >= 4 is 23.2 Å². The first-order valence-electron chi connectivity index (χ1n) is 5.63. The Morgan fingerprint density at radius 3 is 2.88 bits per heavy atom. The predicted octanol–water partition coefficient (Wildman–Crippen LogP) is 1.03. The Kier molecular flexibility index (Phi) is 3.31. The first-order valence-corrected chi connectivity index (χ1v) is 6.51. The summed E-state index contributed by atoms with van der Waals surface area (Å²) in [4.78, 5) is 26.3. The summed E-state index contributed by atoms with van der Waals surface area (Å²) in [5, 5.41) is 4.94. The maximum atomic E-state index is 12.1. The van der Waals surface area contributed by atoms with Crippen molar-refractivity contribution in [3.05, 3.63) is 22.4 Å². The normalized spacial score (nSPS) is 19.8. The lowest BCUT2D eigenvalue weighted by Gasteiger charge is -2.36. The van der Waals surface area contributed by atoms with Gasteiger partial charge in [0.05, 0.1) is 12.1 Å². The van der Waals surface area contributed by atoms with Crippen LogP contribution in [0.15, 0.2) is 17.5 Å². The third-order valence-electron chi connectivity index (χ3n) is 2.92. The lowest BCUT2D eigenvalue weighted by atomic mass is 10.0. The molecule has 1 aromatic heterocycles. The summed E-state index contributed by atoms with van der Waals surface area (Å²) >= 11 is 1.65. The van der Waals surface area contributed by atoms with Gasteiger partial charge in [-0.05, 0) is 31.7 Å².